The minimum atomic E-state index is -0.117. The Morgan fingerprint density at radius 3 is 2.23 bits per heavy atom. The van der Waals surface area contributed by atoms with Gasteiger partial charge in [0.2, 0.25) is 0 Å². The lowest BCUT2D eigenvalue weighted by atomic mass is 9.99. The van der Waals surface area contributed by atoms with Gasteiger partial charge in [0.05, 0.1) is 13.7 Å². The maximum Gasteiger partial charge on any atom is 0.251 e. The molecule has 4 heteroatoms. The number of methoxy groups -OCH3 is 1. The molecule has 0 radical (unpaired) electrons. The molecule has 39 heavy (non-hydrogen) atoms. The van der Waals surface area contributed by atoms with E-state index >= 15 is 0 Å². The summed E-state index contributed by atoms with van der Waals surface area (Å²) in [6.07, 6.45) is 5.45. The predicted molar refractivity (Wildman–Crippen MR) is 168 cm³/mol. The molecule has 0 saturated heterocycles. The molecule has 3 rings (SSSR count). The molecule has 1 N–H and O–H groups in total. The summed E-state index contributed by atoms with van der Waals surface area (Å²) in [6, 6.07) is 20.2. The fraction of sp³-hybridized carbons (Fsp3) is 0.400. The summed E-state index contributed by atoms with van der Waals surface area (Å²) in [4.78, 5) is 12.9. The van der Waals surface area contributed by atoms with E-state index in [0.29, 0.717) is 18.7 Å². The van der Waals surface area contributed by atoms with Gasteiger partial charge in [0.1, 0.15) is 11.5 Å². The van der Waals surface area contributed by atoms with Crippen molar-refractivity contribution >= 4 is 12.0 Å². The van der Waals surface area contributed by atoms with E-state index < -0.39 is 0 Å². The van der Waals surface area contributed by atoms with Crippen LogP contribution in [-0.4, -0.2) is 19.6 Å². The first kappa shape index (κ1) is 33.5. The Morgan fingerprint density at radius 1 is 0.923 bits per heavy atom. The molecule has 0 bridgehead atoms. The average Bonchev–Trinajstić information content (AvgIpc) is 2.96. The summed E-state index contributed by atoms with van der Waals surface area (Å²) in [5.41, 5.74) is 7.21. The number of amides is 1. The van der Waals surface area contributed by atoms with Crippen LogP contribution in [0.3, 0.4) is 0 Å². The van der Waals surface area contributed by atoms with Crippen LogP contribution in [0.25, 0.3) is 17.2 Å². The first-order chi connectivity index (χ1) is 18.9. The first-order valence-electron chi connectivity index (χ1n) is 14.3. The summed E-state index contributed by atoms with van der Waals surface area (Å²) in [7, 11) is 1.65. The van der Waals surface area contributed by atoms with E-state index in [1.807, 2.05) is 45.0 Å². The fourth-order valence-corrected chi connectivity index (χ4v) is 3.76. The minimum absolute atomic E-state index is 0.117. The maximum absolute atomic E-state index is 12.9. The summed E-state index contributed by atoms with van der Waals surface area (Å²) in [5, 5.41) is 3.05. The Kier molecular flexibility index (Phi) is 16.0. The van der Waals surface area contributed by atoms with Gasteiger partial charge in [-0.3, -0.25) is 4.79 Å². The van der Waals surface area contributed by atoms with Crippen molar-refractivity contribution in [3.05, 3.63) is 88.5 Å². The number of nitrogens with one attached hydrogen (secondary N) is 1. The molecule has 0 aliphatic heterocycles. The second-order valence-corrected chi connectivity index (χ2v) is 9.21. The number of carbonyl (C=O) groups excluding carboxylic acids is 1. The van der Waals surface area contributed by atoms with Gasteiger partial charge in [0.15, 0.2) is 0 Å². The second-order valence-electron chi connectivity index (χ2n) is 9.21. The van der Waals surface area contributed by atoms with E-state index in [9.17, 15) is 4.79 Å². The topological polar surface area (TPSA) is 47.6 Å². The number of aryl methyl sites for hydroxylation is 1. The smallest absolute Gasteiger partial charge is 0.251 e. The van der Waals surface area contributed by atoms with Crippen LogP contribution in [0.4, 0.5) is 0 Å². The van der Waals surface area contributed by atoms with E-state index in [1.165, 1.54) is 17.6 Å². The minimum Gasteiger partial charge on any atom is -0.496 e. The summed E-state index contributed by atoms with van der Waals surface area (Å²) >= 11 is 0. The Hall–Kier alpha value is -3.53. The molecular formula is C35H49NO3. The largest absolute Gasteiger partial charge is 0.496 e. The lowest BCUT2D eigenvalue weighted by Gasteiger charge is -2.14. The lowest BCUT2D eigenvalue weighted by molar-refractivity contribution is 0.0950. The lowest BCUT2D eigenvalue weighted by Crippen LogP contribution is -2.24. The van der Waals surface area contributed by atoms with E-state index in [4.69, 9.17) is 9.47 Å². The van der Waals surface area contributed by atoms with Gasteiger partial charge < -0.3 is 14.8 Å². The standard InChI is InChI=1S/C30H35NO3.C3H8.C2H6/c1-6-15-34-27-12-13-28(22(4)17-27)30(32)31-20-26-19-25(11-14-29(26)33-5)24-10-8-9-23(18-24)16-21(3)7-2;1-3-2;1-2/h8-14,16-19H,6-7,15,20H2,1-5H3,(H,31,32);3H2,1-2H3;1-2H3/b21-16-;;. The highest BCUT2D eigenvalue weighted by atomic mass is 16.5. The molecule has 0 heterocycles. The van der Waals surface area contributed by atoms with Crippen molar-refractivity contribution in [3.63, 3.8) is 0 Å². The molecule has 0 aliphatic carbocycles. The van der Waals surface area contributed by atoms with Crippen LogP contribution >= 0.6 is 0 Å². The van der Waals surface area contributed by atoms with E-state index in [2.05, 4.69) is 82.4 Å². The highest BCUT2D eigenvalue weighted by Gasteiger charge is 2.12. The third-order valence-electron chi connectivity index (χ3n) is 5.83. The Labute approximate surface area is 237 Å². The zero-order valence-corrected chi connectivity index (χ0v) is 25.6. The molecule has 3 aromatic carbocycles. The number of hydrogen-bond donors (Lipinski definition) is 1. The van der Waals surface area contributed by atoms with Crippen LogP contribution < -0.4 is 14.8 Å². The molecular weight excluding hydrogens is 482 g/mol. The maximum atomic E-state index is 12.9. The number of ether oxygens (including phenoxy) is 2. The molecule has 0 aliphatic rings. The summed E-state index contributed by atoms with van der Waals surface area (Å²) in [5.74, 6) is 1.42. The van der Waals surface area contributed by atoms with Gasteiger partial charge in [-0.15, -0.1) is 0 Å². The highest BCUT2D eigenvalue weighted by Crippen LogP contribution is 2.28. The van der Waals surface area contributed by atoms with Crippen LogP contribution in [0.1, 0.15) is 94.8 Å². The Morgan fingerprint density at radius 2 is 1.62 bits per heavy atom. The number of hydrogen-bond acceptors (Lipinski definition) is 3. The number of benzene rings is 3. The van der Waals surface area contributed by atoms with Gasteiger partial charge in [-0.05, 0) is 85.3 Å². The molecule has 0 atom stereocenters. The van der Waals surface area contributed by atoms with Crippen molar-refractivity contribution in [2.45, 2.75) is 81.2 Å². The van der Waals surface area contributed by atoms with Gasteiger partial charge in [0, 0.05) is 17.7 Å². The first-order valence-corrected chi connectivity index (χ1v) is 14.3. The Bertz CT molecular complexity index is 1180. The zero-order chi connectivity index (χ0) is 29.2. The molecule has 0 saturated carbocycles. The van der Waals surface area contributed by atoms with Crippen molar-refractivity contribution in [2.75, 3.05) is 13.7 Å². The van der Waals surface area contributed by atoms with Gasteiger partial charge in [-0.25, -0.2) is 0 Å². The summed E-state index contributed by atoms with van der Waals surface area (Å²) in [6.45, 7) is 17.6. The molecule has 0 unspecified atom stereocenters. The molecule has 3 aromatic rings. The van der Waals surface area contributed by atoms with Crippen LogP contribution in [-0.2, 0) is 6.54 Å². The third kappa shape index (κ3) is 11.0. The van der Waals surface area contributed by atoms with Crippen molar-refractivity contribution in [1.82, 2.24) is 5.32 Å². The van der Waals surface area contributed by atoms with Crippen LogP contribution in [0.5, 0.6) is 11.5 Å². The predicted octanol–water partition coefficient (Wildman–Crippen LogP) is 9.65. The molecule has 0 spiro atoms. The molecule has 0 aromatic heterocycles. The van der Waals surface area contributed by atoms with E-state index in [0.717, 1.165) is 46.6 Å². The van der Waals surface area contributed by atoms with E-state index in [1.54, 1.807) is 7.11 Å². The molecule has 0 fully saturated rings. The third-order valence-corrected chi connectivity index (χ3v) is 5.83. The number of carbonyl (C=O) groups is 1. The van der Waals surface area contributed by atoms with Crippen LogP contribution in [0, 0.1) is 6.92 Å². The van der Waals surface area contributed by atoms with Crippen LogP contribution in [0.2, 0.25) is 0 Å². The van der Waals surface area contributed by atoms with Gasteiger partial charge in [-0.1, -0.05) is 83.9 Å². The molecule has 4 nitrogen and oxygen atoms in total. The van der Waals surface area contributed by atoms with Gasteiger partial charge in [0.25, 0.3) is 5.91 Å². The number of rotatable bonds is 10. The van der Waals surface area contributed by atoms with Crippen molar-refractivity contribution in [2.24, 2.45) is 0 Å². The quantitative estimate of drug-likeness (QED) is 0.283. The van der Waals surface area contributed by atoms with Crippen molar-refractivity contribution in [1.29, 1.82) is 0 Å². The molecule has 212 valence electrons. The fourth-order valence-electron chi connectivity index (χ4n) is 3.76. The zero-order valence-electron chi connectivity index (χ0n) is 25.6. The summed E-state index contributed by atoms with van der Waals surface area (Å²) < 4.78 is 11.2. The van der Waals surface area contributed by atoms with Crippen molar-refractivity contribution < 1.29 is 14.3 Å². The molecule has 1 amide bonds. The monoisotopic (exact) mass is 531 g/mol. The van der Waals surface area contributed by atoms with Crippen LogP contribution in [0.15, 0.2) is 66.2 Å². The average molecular weight is 532 g/mol. The van der Waals surface area contributed by atoms with E-state index in [-0.39, 0.29) is 5.91 Å². The SMILES string of the molecule is CC.CCC.CCCOc1ccc(C(=O)NCc2cc(-c3cccc(/C=C(/C)CC)c3)ccc2OC)c(C)c1. The highest BCUT2D eigenvalue weighted by molar-refractivity contribution is 5.95. The van der Waals surface area contributed by atoms with Crippen molar-refractivity contribution in [3.8, 4) is 22.6 Å². The van der Waals surface area contributed by atoms with Gasteiger partial charge in [-0.2, -0.15) is 0 Å². The Balaban J connectivity index is 0.00000142. The number of allylic oxidation sites excluding steroid dienone is 1. The second kappa shape index (κ2) is 18.7. The normalized spacial score (nSPS) is 10.4. The van der Waals surface area contributed by atoms with Gasteiger partial charge >= 0.3 is 0 Å².